The molecule has 0 atom stereocenters. The summed E-state index contributed by atoms with van der Waals surface area (Å²) in [5.74, 6) is 0.959. The molecule has 0 saturated heterocycles. The van der Waals surface area contributed by atoms with E-state index in [1.165, 1.54) is 18.2 Å². The van der Waals surface area contributed by atoms with E-state index in [9.17, 15) is 14.9 Å². The molecule has 0 radical (unpaired) electrons. The number of non-ortho nitro benzene ring substituents is 1. The van der Waals surface area contributed by atoms with Crippen LogP contribution in [0.5, 0.6) is 17.2 Å². The van der Waals surface area contributed by atoms with Gasteiger partial charge >= 0.3 is 0 Å². The van der Waals surface area contributed by atoms with Crippen LogP contribution in [-0.4, -0.2) is 37.6 Å². The number of hydrogen-bond acceptors (Lipinski definition) is 6. The fourth-order valence-corrected chi connectivity index (χ4v) is 2.21. The number of amides is 1. The monoisotopic (exact) mass is 395 g/mol. The maximum atomic E-state index is 12.4. The first kappa shape index (κ1) is 22.2. The average molecular weight is 396 g/mol. The molecular formula is C18H22ClN3O5. The Balaban J connectivity index is 0.00000364. The highest BCUT2D eigenvalue weighted by molar-refractivity contribution is 5.97. The van der Waals surface area contributed by atoms with Crippen molar-refractivity contribution in [2.45, 2.75) is 6.92 Å². The molecule has 0 bridgehead atoms. The molecule has 0 aliphatic rings. The van der Waals surface area contributed by atoms with Crippen molar-refractivity contribution in [2.24, 2.45) is 0 Å². The van der Waals surface area contributed by atoms with Gasteiger partial charge in [0.1, 0.15) is 17.2 Å². The Bertz CT molecular complexity index is 768. The Labute approximate surface area is 163 Å². The number of nitrogens with one attached hydrogen (secondary N) is 2. The van der Waals surface area contributed by atoms with E-state index in [0.29, 0.717) is 24.6 Å². The van der Waals surface area contributed by atoms with Crippen LogP contribution in [0, 0.1) is 10.1 Å². The normalized spacial score (nSPS) is 9.85. The minimum absolute atomic E-state index is 0. The quantitative estimate of drug-likeness (QED) is 0.384. The summed E-state index contributed by atoms with van der Waals surface area (Å²) in [7, 11) is 1.56. The number of ether oxygens (including phenoxy) is 2. The van der Waals surface area contributed by atoms with Gasteiger partial charge in [-0.15, -0.1) is 12.4 Å². The largest absolute Gasteiger partial charge is 0.497 e. The van der Waals surface area contributed by atoms with E-state index in [0.717, 1.165) is 6.54 Å². The molecule has 8 nitrogen and oxygen atoms in total. The van der Waals surface area contributed by atoms with Crippen LogP contribution in [0.3, 0.4) is 0 Å². The van der Waals surface area contributed by atoms with Gasteiger partial charge in [-0.2, -0.15) is 0 Å². The van der Waals surface area contributed by atoms with Gasteiger partial charge in [0.05, 0.1) is 17.6 Å². The summed E-state index contributed by atoms with van der Waals surface area (Å²) in [6.07, 6.45) is 0. The van der Waals surface area contributed by atoms with Crippen LogP contribution in [0.4, 0.5) is 5.69 Å². The molecule has 0 heterocycles. The van der Waals surface area contributed by atoms with Crippen molar-refractivity contribution in [1.29, 1.82) is 0 Å². The summed E-state index contributed by atoms with van der Waals surface area (Å²) in [4.78, 5) is 22.9. The average Bonchev–Trinajstić information content (AvgIpc) is 2.65. The lowest BCUT2D eigenvalue weighted by Crippen LogP contribution is -2.31. The number of nitro benzene ring substituents is 1. The summed E-state index contributed by atoms with van der Waals surface area (Å²) < 4.78 is 10.8. The zero-order valence-electron chi connectivity index (χ0n) is 15.1. The summed E-state index contributed by atoms with van der Waals surface area (Å²) in [5.41, 5.74) is -0.0737. The van der Waals surface area contributed by atoms with Crippen molar-refractivity contribution in [2.75, 3.05) is 26.7 Å². The van der Waals surface area contributed by atoms with Crippen LogP contribution >= 0.6 is 12.4 Å². The number of likely N-dealkylation sites (N-methyl/N-ethyl adjacent to an activating group) is 1. The molecule has 0 saturated carbocycles. The fourth-order valence-electron chi connectivity index (χ4n) is 2.21. The second-order valence-corrected chi connectivity index (χ2v) is 5.32. The first-order valence-corrected chi connectivity index (χ1v) is 8.14. The third-order valence-electron chi connectivity index (χ3n) is 3.54. The van der Waals surface area contributed by atoms with Gasteiger partial charge in [-0.3, -0.25) is 14.9 Å². The Hall–Kier alpha value is -2.84. The minimum Gasteiger partial charge on any atom is -0.497 e. The van der Waals surface area contributed by atoms with Crippen LogP contribution in [-0.2, 0) is 0 Å². The van der Waals surface area contributed by atoms with Crippen LogP contribution in [0.2, 0.25) is 0 Å². The number of methoxy groups -OCH3 is 1. The first-order valence-electron chi connectivity index (χ1n) is 8.14. The standard InChI is InChI=1S/C18H21N3O5.ClH/c1-3-19-10-11-20-18(22)16-12-13(21(23)24)4-9-17(16)26-15-7-5-14(25-2)6-8-15;/h4-9,12,19H,3,10-11H2,1-2H3,(H,20,22);1H. The van der Waals surface area contributed by atoms with Gasteiger partial charge in [-0.25, -0.2) is 0 Å². The van der Waals surface area contributed by atoms with Crippen molar-refractivity contribution in [3.05, 3.63) is 58.1 Å². The van der Waals surface area contributed by atoms with Crippen LogP contribution in [0.15, 0.2) is 42.5 Å². The molecule has 9 heteroatoms. The summed E-state index contributed by atoms with van der Waals surface area (Å²) >= 11 is 0. The lowest BCUT2D eigenvalue weighted by atomic mass is 10.1. The van der Waals surface area contributed by atoms with E-state index < -0.39 is 10.8 Å². The fraction of sp³-hybridized carbons (Fsp3) is 0.278. The number of halogens is 1. The van der Waals surface area contributed by atoms with Crippen molar-refractivity contribution >= 4 is 24.0 Å². The number of carbonyl (C=O) groups is 1. The third kappa shape index (κ3) is 6.43. The predicted molar refractivity (Wildman–Crippen MR) is 104 cm³/mol. The van der Waals surface area contributed by atoms with E-state index in [-0.39, 0.29) is 29.4 Å². The molecule has 27 heavy (non-hydrogen) atoms. The lowest BCUT2D eigenvalue weighted by molar-refractivity contribution is -0.384. The summed E-state index contributed by atoms with van der Waals surface area (Å²) in [6.45, 7) is 3.75. The van der Waals surface area contributed by atoms with Crippen LogP contribution < -0.4 is 20.1 Å². The molecule has 0 spiro atoms. The van der Waals surface area contributed by atoms with Crippen molar-refractivity contribution in [3.8, 4) is 17.2 Å². The first-order chi connectivity index (χ1) is 12.5. The second kappa shape index (κ2) is 11.0. The lowest BCUT2D eigenvalue weighted by Gasteiger charge is -2.12. The highest BCUT2D eigenvalue weighted by Gasteiger charge is 2.18. The molecule has 1 amide bonds. The Kier molecular flexibility index (Phi) is 9.04. The zero-order chi connectivity index (χ0) is 18.9. The van der Waals surface area contributed by atoms with Crippen molar-refractivity contribution in [3.63, 3.8) is 0 Å². The zero-order valence-corrected chi connectivity index (χ0v) is 15.9. The van der Waals surface area contributed by atoms with Crippen molar-refractivity contribution < 1.29 is 19.2 Å². The molecule has 0 fully saturated rings. The minimum atomic E-state index is -0.549. The molecule has 2 N–H and O–H groups in total. The number of rotatable bonds is 9. The van der Waals surface area contributed by atoms with E-state index in [1.54, 1.807) is 31.4 Å². The molecule has 0 unspecified atom stereocenters. The molecule has 146 valence electrons. The summed E-state index contributed by atoms with van der Waals surface area (Å²) in [5, 5.41) is 16.8. The van der Waals surface area contributed by atoms with Gasteiger partial charge in [-0.05, 0) is 36.9 Å². The van der Waals surface area contributed by atoms with Crippen molar-refractivity contribution in [1.82, 2.24) is 10.6 Å². The molecule has 0 aliphatic heterocycles. The Morgan fingerprint density at radius 1 is 1.11 bits per heavy atom. The maximum Gasteiger partial charge on any atom is 0.270 e. The molecule has 0 aliphatic carbocycles. The maximum absolute atomic E-state index is 12.4. The van der Waals surface area contributed by atoms with E-state index in [4.69, 9.17) is 9.47 Å². The number of hydrogen-bond donors (Lipinski definition) is 2. The van der Waals surface area contributed by atoms with Gasteiger partial charge in [0, 0.05) is 25.2 Å². The van der Waals surface area contributed by atoms with E-state index in [1.807, 2.05) is 6.92 Å². The molecule has 0 aromatic heterocycles. The third-order valence-corrected chi connectivity index (χ3v) is 3.54. The number of benzene rings is 2. The van der Waals surface area contributed by atoms with Gasteiger partial charge in [0.2, 0.25) is 0 Å². The van der Waals surface area contributed by atoms with E-state index in [2.05, 4.69) is 10.6 Å². The Morgan fingerprint density at radius 2 is 1.78 bits per heavy atom. The number of nitro groups is 1. The summed E-state index contributed by atoms with van der Waals surface area (Å²) in [6, 6.07) is 10.7. The topological polar surface area (TPSA) is 103 Å². The highest BCUT2D eigenvalue weighted by Crippen LogP contribution is 2.29. The second-order valence-electron chi connectivity index (χ2n) is 5.32. The SMILES string of the molecule is CCNCCNC(=O)c1cc([N+](=O)[O-])ccc1Oc1ccc(OC)cc1.Cl. The van der Waals surface area contributed by atoms with E-state index >= 15 is 0 Å². The molecule has 2 aromatic carbocycles. The molecular weight excluding hydrogens is 374 g/mol. The van der Waals surface area contributed by atoms with Crippen LogP contribution in [0.1, 0.15) is 17.3 Å². The van der Waals surface area contributed by atoms with Gasteiger partial charge < -0.3 is 20.1 Å². The van der Waals surface area contributed by atoms with Gasteiger partial charge in [0.15, 0.2) is 0 Å². The van der Waals surface area contributed by atoms with Gasteiger partial charge in [-0.1, -0.05) is 6.92 Å². The smallest absolute Gasteiger partial charge is 0.270 e. The molecule has 2 aromatic rings. The van der Waals surface area contributed by atoms with Crippen LogP contribution in [0.25, 0.3) is 0 Å². The number of carbonyl (C=O) groups excluding carboxylic acids is 1. The van der Waals surface area contributed by atoms with Gasteiger partial charge in [0.25, 0.3) is 11.6 Å². The predicted octanol–water partition coefficient (Wildman–Crippen LogP) is 3.16. The molecule has 2 rings (SSSR count). The highest BCUT2D eigenvalue weighted by atomic mass is 35.5. The Morgan fingerprint density at radius 3 is 2.37 bits per heavy atom. The number of nitrogens with zero attached hydrogens (tertiary/aromatic N) is 1.